The number of nitrogens with zero attached hydrogens (tertiary/aromatic N) is 5. The Labute approximate surface area is 145 Å². The van der Waals surface area contributed by atoms with Crippen LogP contribution in [0.15, 0.2) is 6.20 Å². The second-order valence-electron chi connectivity index (χ2n) is 7.20. The van der Waals surface area contributed by atoms with Gasteiger partial charge in [-0.1, -0.05) is 5.21 Å². The molecular formula is C17H23FN6O. The fraction of sp³-hybridized carbons (Fsp3) is 0.647. The highest BCUT2D eigenvalue weighted by molar-refractivity contribution is 5.59. The molecule has 0 aliphatic heterocycles. The summed E-state index contributed by atoms with van der Waals surface area (Å²) in [6.45, 7) is 0. The van der Waals surface area contributed by atoms with Gasteiger partial charge in [-0.25, -0.2) is 14.4 Å². The van der Waals surface area contributed by atoms with E-state index < -0.39 is 5.82 Å². The van der Waals surface area contributed by atoms with Crippen LogP contribution in [-0.4, -0.2) is 42.2 Å². The van der Waals surface area contributed by atoms with Gasteiger partial charge in [0.15, 0.2) is 5.82 Å². The second kappa shape index (κ2) is 6.67. The fourth-order valence-electron chi connectivity index (χ4n) is 3.39. The SMILES string of the molecule is Cn1nnc(-c2nc(NC3CCC(O)CC3)ncc2F)c1CC1CC1. The molecule has 4 rings (SSSR count). The minimum absolute atomic E-state index is 0.203. The van der Waals surface area contributed by atoms with Crippen LogP contribution in [0.25, 0.3) is 11.4 Å². The smallest absolute Gasteiger partial charge is 0.223 e. The van der Waals surface area contributed by atoms with Gasteiger partial charge in [0, 0.05) is 13.1 Å². The second-order valence-corrected chi connectivity index (χ2v) is 7.20. The van der Waals surface area contributed by atoms with Crippen LogP contribution in [0.4, 0.5) is 10.3 Å². The van der Waals surface area contributed by atoms with Crippen LogP contribution < -0.4 is 5.32 Å². The highest BCUT2D eigenvalue weighted by Gasteiger charge is 2.27. The van der Waals surface area contributed by atoms with Crippen LogP contribution in [0.5, 0.6) is 0 Å². The molecule has 25 heavy (non-hydrogen) atoms. The van der Waals surface area contributed by atoms with Crippen molar-refractivity contribution in [1.29, 1.82) is 0 Å². The van der Waals surface area contributed by atoms with Gasteiger partial charge in [-0.2, -0.15) is 0 Å². The number of aromatic nitrogens is 5. The molecule has 2 N–H and O–H groups in total. The van der Waals surface area contributed by atoms with Crippen molar-refractivity contribution in [3.63, 3.8) is 0 Å². The highest BCUT2D eigenvalue weighted by atomic mass is 19.1. The zero-order valence-corrected chi connectivity index (χ0v) is 14.3. The lowest BCUT2D eigenvalue weighted by Crippen LogP contribution is -2.29. The number of halogens is 1. The van der Waals surface area contributed by atoms with E-state index in [1.54, 1.807) is 4.68 Å². The predicted octanol–water partition coefficient (Wildman–Crippen LogP) is 2.08. The summed E-state index contributed by atoms with van der Waals surface area (Å²) in [6, 6.07) is 0.203. The van der Waals surface area contributed by atoms with Crippen LogP contribution in [-0.2, 0) is 13.5 Å². The normalized spacial score (nSPS) is 23.6. The molecule has 2 aromatic heterocycles. The van der Waals surface area contributed by atoms with Gasteiger partial charge < -0.3 is 10.4 Å². The Morgan fingerprint density at radius 3 is 2.68 bits per heavy atom. The summed E-state index contributed by atoms with van der Waals surface area (Å²) in [7, 11) is 1.83. The number of hydrogen-bond donors (Lipinski definition) is 2. The van der Waals surface area contributed by atoms with Gasteiger partial charge in [0.25, 0.3) is 0 Å². The largest absolute Gasteiger partial charge is 0.393 e. The summed E-state index contributed by atoms with van der Waals surface area (Å²) in [5.41, 5.74) is 1.64. The molecule has 0 radical (unpaired) electrons. The molecule has 8 heteroatoms. The first kappa shape index (κ1) is 16.4. The summed E-state index contributed by atoms with van der Waals surface area (Å²) < 4.78 is 16.1. The molecule has 2 aliphatic carbocycles. The molecule has 2 saturated carbocycles. The Morgan fingerprint density at radius 1 is 1.20 bits per heavy atom. The van der Waals surface area contributed by atoms with E-state index >= 15 is 0 Å². The standard InChI is InChI=1S/C17H23FN6O/c1-24-14(8-10-2-3-10)16(22-23-24)15-13(18)9-19-17(21-15)20-11-4-6-12(25)7-5-11/h9-12,25H,2-8H2,1H3,(H,19,20,21). The Hall–Kier alpha value is -2.09. The quantitative estimate of drug-likeness (QED) is 0.862. The fourth-order valence-corrected chi connectivity index (χ4v) is 3.39. The van der Waals surface area contributed by atoms with Gasteiger partial charge in [0.05, 0.1) is 18.0 Å². The van der Waals surface area contributed by atoms with Gasteiger partial charge >= 0.3 is 0 Å². The van der Waals surface area contributed by atoms with Crippen LogP contribution in [0.1, 0.15) is 44.2 Å². The van der Waals surface area contributed by atoms with E-state index in [1.807, 2.05) is 7.05 Å². The predicted molar refractivity (Wildman–Crippen MR) is 90.3 cm³/mol. The molecule has 2 aliphatic rings. The van der Waals surface area contributed by atoms with Crippen LogP contribution >= 0.6 is 0 Å². The van der Waals surface area contributed by atoms with Gasteiger partial charge in [-0.05, 0) is 50.9 Å². The Kier molecular flexibility index (Phi) is 4.37. The van der Waals surface area contributed by atoms with Crippen molar-refractivity contribution < 1.29 is 9.50 Å². The number of hydrogen-bond acceptors (Lipinski definition) is 6. The van der Waals surface area contributed by atoms with Crippen molar-refractivity contribution in [3.05, 3.63) is 17.7 Å². The van der Waals surface area contributed by atoms with Crippen molar-refractivity contribution in [2.24, 2.45) is 13.0 Å². The van der Waals surface area contributed by atoms with Crippen LogP contribution in [0.3, 0.4) is 0 Å². The van der Waals surface area contributed by atoms with Crippen molar-refractivity contribution in [1.82, 2.24) is 25.0 Å². The number of rotatable bonds is 5. The number of aliphatic hydroxyl groups excluding tert-OH is 1. The zero-order chi connectivity index (χ0) is 17.4. The minimum Gasteiger partial charge on any atom is -0.393 e. The van der Waals surface area contributed by atoms with Crippen molar-refractivity contribution in [3.8, 4) is 11.4 Å². The van der Waals surface area contributed by atoms with E-state index in [4.69, 9.17) is 0 Å². The molecule has 2 fully saturated rings. The number of nitrogens with one attached hydrogen (secondary N) is 1. The molecular weight excluding hydrogens is 323 g/mol. The van der Waals surface area contributed by atoms with E-state index in [0.29, 0.717) is 17.6 Å². The first-order valence-electron chi connectivity index (χ1n) is 8.96. The van der Waals surface area contributed by atoms with E-state index in [1.165, 1.54) is 19.0 Å². The molecule has 0 amide bonds. The molecule has 0 atom stereocenters. The molecule has 0 unspecified atom stereocenters. The lowest BCUT2D eigenvalue weighted by atomic mass is 9.93. The van der Waals surface area contributed by atoms with E-state index in [9.17, 15) is 9.50 Å². The Balaban J connectivity index is 1.57. The first-order valence-corrected chi connectivity index (χ1v) is 8.96. The van der Waals surface area contributed by atoms with Gasteiger partial charge in [-0.3, -0.25) is 4.68 Å². The molecule has 0 saturated heterocycles. The third-order valence-electron chi connectivity index (χ3n) is 5.12. The molecule has 134 valence electrons. The molecule has 2 aromatic rings. The van der Waals surface area contributed by atoms with E-state index in [-0.39, 0.29) is 17.8 Å². The topological polar surface area (TPSA) is 88.8 Å². The van der Waals surface area contributed by atoms with Crippen LogP contribution in [0, 0.1) is 11.7 Å². The monoisotopic (exact) mass is 346 g/mol. The number of aryl methyl sites for hydroxylation is 1. The summed E-state index contributed by atoms with van der Waals surface area (Å²) in [5.74, 6) is 0.565. The third kappa shape index (κ3) is 3.63. The molecule has 7 nitrogen and oxygen atoms in total. The molecule has 0 spiro atoms. The lowest BCUT2D eigenvalue weighted by Gasteiger charge is -2.26. The average Bonchev–Trinajstić information content (AvgIpc) is 3.35. The molecule has 0 aromatic carbocycles. The summed E-state index contributed by atoms with van der Waals surface area (Å²) in [4.78, 5) is 8.45. The van der Waals surface area contributed by atoms with Crippen LogP contribution in [0.2, 0.25) is 0 Å². The first-order chi connectivity index (χ1) is 12.1. The lowest BCUT2D eigenvalue weighted by molar-refractivity contribution is 0.126. The maximum atomic E-state index is 14.4. The zero-order valence-electron chi connectivity index (χ0n) is 14.3. The number of anilines is 1. The van der Waals surface area contributed by atoms with Crippen molar-refractivity contribution >= 4 is 5.95 Å². The van der Waals surface area contributed by atoms with Crippen molar-refractivity contribution in [2.75, 3.05) is 5.32 Å². The Morgan fingerprint density at radius 2 is 1.96 bits per heavy atom. The Bertz CT molecular complexity index is 752. The highest BCUT2D eigenvalue weighted by Crippen LogP contribution is 2.35. The average molecular weight is 346 g/mol. The van der Waals surface area contributed by atoms with Gasteiger partial charge in [0.1, 0.15) is 11.4 Å². The van der Waals surface area contributed by atoms with Crippen molar-refractivity contribution in [2.45, 2.75) is 57.1 Å². The maximum Gasteiger partial charge on any atom is 0.223 e. The van der Waals surface area contributed by atoms with E-state index in [0.717, 1.165) is 37.8 Å². The van der Waals surface area contributed by atoms with Gasteiger partial charge in [-0.15, -0.1) is 5.10 Å². The molecule has 0 bridgehead atoms. The molecule has 2 heterocycles. The maximum absolute atomic E-state index is 14.4. The minimum atomic E-state index is -0.484. The van der Waals surface area contributed by atoms with E-state index in [2.05, 4.69) is 25.6 Å². The van der Waals surface area contributed by atoms with Gasteiger partial charge in [0.2, 0.25) is 5.95 Å². The third-order valence-corrected chi connectivity index (χ3v) is 5.12. The summed E-state index contributed by atoms with van der Waals surface area (Å²) >= 11 is 0. The number of aliphatic hydroxyl groups is 1. The summed E-state index contributed by atoms with van der Waals surface area (Å²) in [6.07, 6.45) is 7.48. The summed E-state index contributed by atoms with van der Waals surface area (Å²) in [5, 5.41) is 21.1.